The molecule has 0 fully saturated rings. The van der Waals surface area contributed by atoms with Crippen LogP contribution in [0.3, 0.4) is 0 Å². The van der Waals surface area contributed by atoms with E-state index in [1.54, 1.807) is 0 Å². The highest BCUT2D eigenvalue weighted by molar-refractivity contribution is 9.10. The van der Waals surface area contributed by atoms with Crippen LogP contribution in [0.15, 0.2) is 39.9 Å². The van der Waals surface area contributed by atoms with Crippen molar-refractivity contribution in [1.29, 1.82) is 0 Å². The lowest BCUT2D eigenvalue weighted by Crippen LogP contribution is -2.23. The maximum Gasteiger partial charge on any atom is 0.347 e. The Morgan fingerprint density at radius 3 is 2.82 bits per heavy atom. The van der Waals surface area contributed by atoms with Gasteiger partial charge in [-0.3, -0.25) is 4.57 Å². The second-order valence-corrected chi connectivity index (χ2v) is 4.21. The number of halogens is 3. The van der Waals surface area contributed by atoms with E-state index in [1.165, 1.54) is 24.5 Å². The second-order valence-electron chi connectivity index (χ2n) is 3.35. The summed E-state index contributed by atoms with van der Waals surface area (Å²) >= 11 is 2.97. The summed E-state index contributed by atoms with van der Waals surface area (Å²) in [6.07, 6.45) is 2.75. The van der Waals surface area contributed by atoms with Crippen LogP contribution in [0.5, 0.6) is 0 Å². The molecule has 6 heteroatoms. The Morgan fingerprint density at radius 2 is 2.12 bits per heavy atom. The summed E-state index contributed by atoms with van der Waals surface area (Å²) < 4.78 is 28.4. The van der Waals surface area contributed by atoms with Gasteiger partial charge in [0.25, 0.3) is 0 Å². The average Bonchev–Trinajstić information content (AvgIpc) is 2.32. The largest absolute Gasteiger partial charge is 0.347 e. The summed E-state index contributed by atoms with van der Waals surface area (Å²) in [5.41, 5.74) is -0.722. The van der Waals surface area contributed by atoms with Crippen LogP contribution in [0, 0.1) is 11.6 Å². The average molecular weight is 301 g/mol. The van der Waals surface area contributed by atoms with Gasteiger partial charge in [-0.25, -0.2) is 18.6 Å². The second kappa shape index (κ2) is 4.75. The van der Waals surface area contributed by atoms with E-state index in [4.69, 9.17) is 0 Å². The summed E-state index contributed by atoms with van der Waals surface area (Å²) in [4.78, 5) is 14.8. The van der Waals surface area contributed by atoms with Gasteiger partial charge in [0, 0.05) is 18.0 Å². The molecule has 0 aliphatic heterocycles. The van der Waals surface area contributed by atoms with Gasteiger partial charge in [-0.2, -0.15) is 0 Å². The number of benzene rings is 1. The van der Waals surface area contributed by atoms with E-state index in [-0.39, 0.29) is 16.6 Å². The molecule has 0 N–H and O–H groups in total. The fourth-order valence-electron chi connectivity index (χ4n) is 1.39. The Hall–Kier alpha value is -1.56. The molecule has 0 aliphatic rings. The number of rotatable bonds is 2. The van der Waals surface area contributed by atoms with Crippen molar-refractivity contribution < 1.29 is 8.78 Å². The molecule has 0 amide bonds. The monoisotopic (exact) mass is 300 g/mol. The van der Waals surface area contributed by atoms with Crippen molar-refractivity contribution >= 4 is 15.9 Å². The minimum Gasteiger partial charge on any atom is -0.295 e. The van der Waals surface area contributed by atoms with Crippen LogP contribution >= 0.6 is 15.9 Å². The maximum atomic E-state index is 13.7. The zero-order valence-electron chi connectivity index (χ0n) is 8.53. The lowest BCUT2D eigenvalue weighted by molar-refractivity contribution is 0.535. The van der Waals surface area contributed by atoms with Crippen molar-refractivity contribution in [3.63, 3.8) is 0 Å². The van der Waals surface area contributed by atoms with E-state index in [1.807, 2.05) is 0 Å². The highest BCUT2D eigenvalue weighted by Gasteiger charge is 2.13. The smallest absolute Gasteiger partial charge is 0.295 e. The predicted octanol–water partition coefficient (Wildman–Crippen LogP) is 2.33. The molecule has 3 nitrogen and oxygen atoms in total. The fourth-order valence-corrected chi connectivity index (χ4v) is 1.76. The van der Waals surface area contributed by atoms with Gasteiger partial charge in [0.1, 0.15) is 11.6 Å². The maximum absolute atomic E-state index is 13.7. The van der Waals surface area contributed by atoms with Crippen molar-refractivity contribution in [2.45, 2.75) is 6.54 Å². The summed E-state index contributed by atoms with van der Waals surface area (Å²) in [5, 5.41) is 0. The van der Waals surface area contributed by atoms with Crippen LogP contribution in [0.1, 0.15) is 5.56 Å². The molecule has 0 radical (unpaired) electrons. The zero-order chi connectivity index (χ0) is 12.4. The van der Waals surface area contributed by atoms with Crippen LogP contribution in [-0.4, -0.2) is 9.55 Å². The molecular formula is C11H7BrF2N2O. The highest BCUT2D eigenvalue weighted by Crippen LogP contribution is 2.21. The Bertz CT molecular complexity index is 613. The van der Waals surface area contributed by atoms with E-state index in [2.05, 4.69) is 20.9 Å². The lowest BCUT2D eigenvalue weighted by Gasteiger charge is -2.08. The van der Waals surface area contributed by atoms with Crippen molar-refractivity contribution in [2.24, 2.45) is 0 Å². The van der Waals surface area contributed by atoms with Crippen LogP contribution in [0.25, 0.3) is 0 Å². The number of nitrogens with zero attached hydrogens (tertiary/aromatic N) is 2. The van der Waals surface area contributed by atoms with E-state index in [9.17, 15) is 13.6 Å². The van der Waals surface area contributed by atoms with Gasteiger partial charge in [-0.05, 0) is 34.1 Å². The molecule has 1 aromatic heterocycles. The minimum absolute atomic E-state index is 0.158. The molecule has 1 heterocycles. The van der Waals surface area contributed by atoms with E-state index < -0.39 is 17.3 Å². The first kappa shape index (κ1) is 11.9. The summed E-state index contributed by atoms with van der Waals surface area (Å²) in [6, 6.07) is 3.94. The molecule has 0 bridgehead atoms. The van der Waals surface area contributed by atoms with Gasteiger partial charge in [-0.1, -0.05) is 0 Å². The first-order valence-electron chi connectivity index (χ1n) is 4.73. The standard InChI is InChI=1S/C11H7BrF2N2O/c12-8-2-3-9(13)7(10(8)14)6-16-5-1-4-15-11(16)17/h1-5H,6H2. The van der Waals surface area contributed by atoms with Crippen LogP contribution < -0.4 is 5.69 Å². The third-order valence-electron chi connectivity index (χ3n) is 2.25. The van der Waals surface area contributed by atoms with Crippen molar-refractivity contribution in [1.82, 2.24) is 9.55 Å². The minimum atomic E-state index is -0.708. The summed E-state index contributed by atoms with van der Waals surface area (Å²) in [5.74, 6) is -1.40. The van der Waals surface area contributed by atoms with E-state index in [0.717, 1.165) is 10.6 Å². The van der Waals surface area contributed by atoms with Crippen molar-refractivity contribution in [3.05, 3.63) is 62.7 Å². The topological polar surface area (TPSA) is 34.9 Å². The molecule has 0 saturated carbocycles. The molecule has 0 saturated heterocycles. The molecule has 1 aromatic carbocycles. The van der Waals surface area contributed by atoms with E-state index >= 15 is 0 Å². The molecule has 2 rings (SSSR count). The van der Waals surface area contributed by atoms with Crippen molar-refractivity contribution in [2.75, 3.05) is 0 Å². The Labute approximate surface area is 104 Å². The van der Waals surface area contributed by atoms with Gasteiger partial charge < -0.3 is 0 Å². The molecule has 17 heavy (non-hydrogen) atoms. The molecule has 0 aliphatic carbocycles. The van der Waals surface area contributed by atoms with Gasteiger partial charge in [-0.15, -0.1) is 0 Å². The Balaban J connectivity index is 2.47. The zero-order valence-corrected chi connectivity index (χ0v) is 10.1. The SMILES string of the molecule is O=c1ncccn1Cc1c(F)ccc(Br)c1F. The Morgan fingerprint density at radius 1 is 1.35 bits per heavy atom. The third-order valence-corrected chi connectivity index (χ3v) is 2.86. The molecule has 0 spiro atoms. The van der Waals surface area contributed by atoms with Crippen LogP contribution in [0.2, 0.25) is 0 Å². The number of aromatic nitrogens is 2. The van der Waals surface area contributed by atoms with Gasteiger partial charge in [0.2, 0.25) is 0 Å². The number of hydrogen-bond donors (Lipinski definition) is 0. The molecule has 0 unspecified atom stereocenters. The summed E-state index contributed by atoms with van der Waals surface area (Å²) in [7, 11) is 0. The molecule has 2 aromatic rings. The first-order valence-corrected chi connectivity index (χ1v) is 5.52. The van der Waals surface area contributed by atoms with Crippen molar-refractivity contribution in [3.8, 4) is 0 Å². The molecule has 0 atom stereocenters. The van der Waals surface area contributed by atoms with E-state index in [0.29, 0.717) is 0 Å². The van der Waals surface area contributed by atoms with Gasteiger partial charge in [0.15, 0.2) is 0 Å². The van der Waals surface area contributed by atoms with Gasteiger partial charge >= 0.3 is 5.69 Å². The first-order chi connectivity index (χ1) is 8.09. The normalized spacial score (nSPS) is 10.5. The number of hydrogen-bond acceptors (Lipinski definition) is 2. The fraction of sp³-hybridized carbons (Fsp3) is 0.0909. The highest BCUT2D eigenvalue weighted by atomic mass is 79.9. The molecular weight excluding hydrogens is 294 g/mol. The van der Waals surface area contributed by atoms with Crippen LogP contribution in [-0.2, 0) is 6.54 Å². The van der Waals surface area contributed by atoms with Gasteiger partial charge in [0.05, 0.1) is 11.0 Å². The quantitative estimate of drug-likeness (QED) is 0.798. The molecule has 88 valence electrons. The Kier molecular flexibility index (Phi) is 3.33. The third kappa shape index (κ3) is 2.41. The predicted molar refractivity (Wildman–Crippen MR) is 61.7 cm³/mol. The van der Waals surface area contributed by atoms with Crippen LogP contribution in [0.4, 0.5) is 8.78 Å². The lowest BCUT2D eigenvalue weighted by atomic mass is 10.2. The summed E-state index contributed by atoms with van der Waals surface area (Å²) in [6.45, 7) is -0.191.